The maximum Gasteiger partial charge on any atom is 0.252 e. The summed E-state index contributed by atoms with van der Waals surface area (Å²) in [6, 6.07) is 2.53. The van der Waals surface area contributed by atoms with Crippen LogP contribution in [-0.2, 0) is 7.05 Å². The fraction of sp³-hybridized carbons (Fsp3) is 0.308. The smallest absolute Gasteiger partial charge is 0.252 e. The Morgan fingerprint density at radius 1 is 1.53 bits per heavy atom. The highest BCUT2D eigenvalue weighted by molar-refractivity contribution is 5.94. The van der Waals surface area contributed by atoms with E-state index in [4.69, 9.17) is 4.42 Å². The van der Waals surface area contributed by atoms with Crippen molar-refractivity contribution in [1.29, 1.82) is 0 Å². The molecule has 0 saturated heterocycles. The average molecular weight is 261 g/mol. The summed E-state index contributed by atoms with van der Waals surface area (Å²) in [5.74, 6) is 0.792. The van der Waals surface area contributed by atoms with Gasteiger partial charge in [0.05, 0.1) is 6.20 Å². The quantitative estimate of drug-likeness (QED) is 0.899. The molecule has 0 saturated carbocycles. The first kappa shape index (κ1) is 13.1. The molecule has 1 atom stereocenters. The van der Waals surface area contributed by atoms with Crippen molar-refractivity contribution in [1.82, 2.24) is 14.9 Å². The van der Waals surface area contributed by atoms with E-state index in [2.05, 4.69) is 10.3 Å². The molecular formula is C13H15N3O3. The van der Waals surface area contributed by atoms with E-state index in [0.29, 0.717) is 17.2 Å². The molecule has 100 valence electrons. The fourth-order valence-electron chi connectivity index (χ4n) is 1.60. The van der Waals surface area contributed by atoms with E-state index >= 15 is 0 Å². The van der Waals surface area contributed by atoms with E-state index in [1.807, 2.05) is 0 Å². The van der Waals surface area contributed by atoms with E-state index in [9.17, 15) is 9.59 Å². The zero-order chi connectivity index (χ0) is 14.0. The standard InChI is InChI=1S/C13H15N3O3/c1-8-7-14-13(19-8)9(2)15-12(18)10-4-5-16(3)11(17)6-10/h4-7,9H,1-3H3,(H,15,18). The van der Waals surface area contributed by atoms with Gasteiger partial charge in [-0.25, -0.2) is 4.98 Å². The third-order valence-corrected chi connectivity index (χ3v) is 2.72. The van der Waals surface area contributed by atoms with Gasteiger partial charge in [0.1, 0.15) is 11.8 Å². The number of nitrogens with zero attached hydrogens (tertiary/aromatic N) is 2. The second-order valence-electron chi connectivity index (χ2n) is 4.37. The molecule has 2 aromatic heterocycles. The second kappa shape index (κ2) is 5.09. The van der Waals surface area contributed by atoms with Crippen LogP contribution in [0.4, 0.5) is 0 Å². The molecule has 0 aliphatic rings. The van der Waals surface area contributed by atoms with E-state index in [1.165, 1.54) is 10.6 Å². The van der Waals surface area contributed by atoms with Gasteiger partial charge in [0.2, 0.25) is 5.89 Å². The first-order chi connectivity index (χ1) is 8.97. The number of oxazole rings is 1. The summed E-state index contributed by atoms with van der Waals surface area (Å²) in [7, 11) is 1.63. The van der Waals surface area contributed by atoms with Crippen LogP contribution in [-0.4, -0.2) is 15.5 Å². The maximum absolute atomic E-state index is 12.0. The van der Waals surface area contributed by atoms with Crippen molar-refractivity contribution in [3.05, 3.63) is 52.1 Å². The van der Waals surface area contributed by atoms with Crippen molar-refractivity contribution >= 4 is 5.91 Å². The molecule has 19 heavy (non-hydrogen) atoms. The first-order valence-corrected chi connectivity index (χ1v) is 5.87. The lowest BCUT2D eigenvalue weighted by Gasteiger charge is -2.10. The molecule has 1 amide bonds. The number of aromatic nitrogens is 2. The van der Waals surface area contributed by atoms with E-state index in [-0.39, 0.29) is 17.5 Å². The maximum atomic E-state index is 12.0. The molecule has 0 aliphatic heterocycles. The minimum Gasteiger partial charge on any atom is -0.444 e. The first-order valence-electron chi connectivity index (χ1n) is 5.87. The Kier molecular flexibility index (Phi) is 3.50. The third-order valence-electron chi connectivity index (χ3n) is 2.72. The number of hydrogen-bond acceptors (Lipinski definition) is 4. The van der Waals surface area contributed by atoms with Crippen LogP contribution in [0.3, 0.4) is 0 Å². The van der Waals surface area contributed by atoms with Crippen molar-refractivity contribution in [2.45, 2.75) is 19.9 Å². The number of hydrogen-bond donors (Lipinski definition) is 1. The molecular weight excluding hydrogens is 246 g/mol. The second-order valence-corrected chi connectivity index (χ2v) is 4.37. The zero-order valence-electron chi connectivity index (χ0n) is 11.0. The topological polar surface area (TPSA) is 77.1 Å². The van der Waals surface area contributed by atoms with Gasteiger partial charge in [0.25, 0.3) is 11.5 Å². The van der Waals surface area contributed by atoms with Gasteiger partial charge in [0, 0.05) is 24.9 Å². The van der Waals surface area contributed by atoms with Crippen LogP contribution in [0.2, 0.25) is 0 Å². The molecule has 0 aromatic carbocycles. The number of nitrogens with one attached hydrogen (secondary N) is 1. The summed E-state index contributed by atoms with van der Waals surface area (Å²) in [6.45, 7) is 3.55. The highest BCUT2D eigenvalue weighted by Gasteiger charge is 2.15. The largest absolute Gasteiger partial charge is 0.444 e. The van der Waals surface area contributed by atoms with Crippen LogP contribution in [0.1, 0.15) is 35.0 Å². The number of rotatable bonds is 3. The highest BCUT2D eigenvalue weighted by Crippen LogP contribution is 2.12. The molecule has 6 nitrogen and oxygen atoms in total. The van der Waals surface area contributed by atoms with Gasteiger partial charge in [-0.05, 0) is 19.9 Å². The van der Waals surface area contributed by atoms with Crippen LogP contribution in [0.25, 0.3) is 0 Å². The molecule has 2 rings (SSSR count). The molecule has 0 radical (unpaired) electrons. The molecule has 0 aliphatic carbocycles. The molecule has 6 heteroatoms. The Morgan fingerprint density at radius 3 is 2.84 bits per heavy atom. The molecule has 1 unspecified atom stereocenters. The normalized spacial score (nSPS) is 12.2. The van der Waals surface area contributed by atoms with Crippen molar-refractivity contribution in [3.8, 4) is 0 Å². The average Bonchev–Trinajstić information content (AvgIpc) is 2.79. The minimum atomic E-state index is -0.356. The van der Waals surface area contributed by atoms with Crippen LogP contribution in [0, 0.1) is 6.92 Å². The molecule has 0 fully saturated rings. The highest BCUT2D eigenvalue weighted by atomic mass is 16.4. The van der Waals surface area contributed by atoms with Crippen molar-refractivity contribution in [2.24, 2.45) is 7.05 Å². The SMILES string of the molecule is Cc1cnc(C(C)NC(=O)c2ccn(C)c(=O)c2)o1. The Balaban J connectivity index is 2.12. The number of carbonyl (C=O) groups excluding carboxylic acids is 1. The number of pyridine rings is 1. The van der Waals surface area contributed by atoms with Crippen molar-refractivity contribution < 1.29 is 9.21 Å². The summed E-state index contributed by atoms with van der Waals surface area (Å²) in [5, 5.41) is 2.73. The molecule has 0 spiro atoms. The summed E-state index contributed by atoms with van der Waals surface area (Å²) in [5.41, 5.74) is 0.0884. The van der Waals surface area contributed by atoms with Gasteiger partial charge in [-0.3, -0.25) is 9.59 Å². The lowest BCUT2D eigenvalue weighted by Crippen LogP contribution is -2.28. The third kappa shape index (κ3) is 2.90. The Labute approximate surface area is 110 Å². The lowest BCUT2D eigenvalue weighted by molar-refractivity contribution is 0.0933. The molecule has 2 aromatic rings. The van der Waals surface area contributed by atoms with Crippen molar-refractivity contribution in [3.63, 3.8) is 0 Å². The minimum absolute atomic E-state index is 0.229. The predicted molar refractivity (Wildman–Crippen MR) is 68.8 cm³/mol. The van der Waals surface area contributed by atoms with Gasteiger partial charge >= 0.3 is 0 Å². The van der Waals surface area contributed by atoms with Gasteiger partial charge in [-0.15, -0.1) is 0 Å². The van der Waals surface area contributed by atoms with Crippen LogP contribution in [0.5, 0.6) is 0 Å². The Hall–Kier alpha value is -2.37. The number of aryl methyl sites for hydroxylation is 2. The Morgan fingerprint density at radius 2 is 2.26 bits per heavy atom. The fourth-order valence-corrected chi connectivity index (χ4v) is 1.60. The van der Waals surface area contributed by atoms with Gasteiger partial charge < -0.3 is 14.3 Å². The lowest BCUT2D eigenvalue weighted by atomic mass is 10.2. The van der Waals surface area contributed by atoms with E-state index < -0.39 is 0 Å². The molecule has 2 heterocycles. The van der Waals surface area contributed by atoms with Gasteiger partial charge in [-0.2, -0.15) is 0 Å². The van der Waals surface area contributed by atoms with E-state index in [1.54, 1.807) is 39.4 Å². The predicted octanol–water partition coefficient (Wildman–Crippen LogP) is 1.17. The zero-order valence-corrected chi connectivity index (χ0v) is 11.0. The summed E-state index contributed by atoms with van der Waals surface area (Å²) < 4.78 is 6.73. The number of amides is 1. The monoisotopic (exact) mass is 261 g/mol. The molecule has 0 bridgehead atoms. The van der Waals surface area contributed by atoms with E-state index in [0.717, 1.165) is 0 Å². The summed E-state index contributed by atoms with van der Waals surface area (Å²) in [6.07, 6.45) is 3.15. The van der Waals surface area contributed by atoms with Crippen molar-refractivity contribution in [2.75, 3.05) is 0 Å². The number of carbonyl (C=O) groups is 1. The van der Waals surface area contributed by atoms with Gasteiger partial charge in [-0.1, -0.05) is 0 Å². The Bertz CT molecular complexity index is 657. The molecule has 1 N–H and O–H groups in total. The summed E-state index contributed by atoms with van der Waals surface area (Å²) >= 11 is 0. The van der Waals surface area contributed by atoms with Gasteiger partial charge in [0.15, 0.2) is 0 Å². The van der Waals surface area contributed by atoms with Crippen LogP contribution in [0.15, 0.2) is 33.7 Å². The summed E-state index contributed by atoms with van der Waals surface area (Å²) in [4.78, 5) is 27.5. The van der Waals surface area contributed by atoms with Crippen LogP contribution < -0.4 is 10.9 Å². The van der Waals surface area contributed by atoms with Crippen LogP contribution >= 0.6 is 0 Å².